The van der Waals surface area contributed by atoms with E-state index >= 15 is 0 Å². The minimum absolute atomic E-state index is 0.0401. The number of ether oxygens (including phenoxy) is 1. The van der Waals surface area contributed by atoms with E-state index in [1.807, 2.05) is 0 Å². The van der Waals surface area contributed by atoms with E-state index in [0.29, 0.717) is 15.9 Å². The fourth-order valence-electron chi connectivity index (χ4n) is 3.93. The number of amides is 1. The molecule has 0 radical (unpaired) electrons. The molecule has 1 aromatic carbocycles. The molecule has 2 atom stereocenters. The van der Waals surface area contributed by atoms with Crippen LogP contribution < -0.4 is 27.0 Å². The molecule has 0 saturated carbocycles. The fourth-order valence-corrected chi connectivity index (χ4v) is 3.93. The lowest BCUT2D eigenvalue weighted by Crippen LogP contribution is -2.45. The van der Waals surface area contributed by atoms with Crippen molar-refractivity contribution in [2.45, 2.75) is 38.0 Å². The van der Waals surface area contributed by atoms with Crippen LogP contribution in [0.2, 0.25) is 0 Å². The first-order chi connectivity index (χ1) is 19.7. The number of benzene rings is 1. The number of carbonyl (C=O) groups is 4. The molecule has 224 valence electrons. The van der Waals surface area contributed by atoms with Crippen LogP contribution in [0.5, 0.6) is 0 Å². The predicted molar refractivity (Wildman–Crippen MR) is 147 cm³/mol. The van der Waals surface area contributed by atoms with Crippen molar-refractivity contribution in [1.29, 1.82) is 0 Å². The van der Waals surface area contributed by atoms with Crippen LogP contribution in [0.3, 0.4) is 0 Å². The Hall–Kier alpha value is -5.12. The number of fused-ring (bicyclic) bond motifs is 1. The Morgan fingerprint density at radius 3 is 2.45 bits per heavy atom. The molecule has 1 amide bonds. The number of aliphatic carboxylic acids is 2. The number of rotatable bonds is 14. The number of carboxylic acids is 2. The number of nitrogens with two attached hydrogens (primary N) is 1. The van der Waals surface area contributed by atoms with Gasteiger partial charge in [0.1, 0.15) is 12.6 Å². The number of anilines is 2. The van der Waals surface area contributed by atoms with Crippen molar-refractivity contribution in [3.05, 3.63) is 52.1 Å². The molecule has 0 aliphatic carbocycles. The van der Waals surface area contributed by atoms with E-state index in [2.05, 4.69) is 30.6 Å². The number of hydrogen-bond donors (Lipinski definition) is 5. The summed E-state index contributed by atoms with van der Waals surface area (Å²) in [6.45, 7) is 0.417. The number of aromatic amines is 1. The number of carbonyl (C=O) groups excluding carboxylic acids is 3. The molecule has 0 saturated heterocycles. The number of aromatic nitrogens is 4. The fraction of sp³-hybridized carbons (Fsp3) is 0.385. The van der Waals surface area contributed by atoms with Gasteiger partial charge in [0.2, 0.25) is 5.95 Å². The van der Waals surface area contributed by atoms with Gasteiger partial charge in [0.25, 0.3) is 11.5 Å². The second kappa shape index (κ2) is 13.5. The van der Waals surface area contributed by atoms with Crippen molar-refractivity contribution in [2.75, 3.05) is 38.7 Å². The van der Waals surface area contributed by atoms with Gasteiger partial charge >= 0.3 is 11.9 Å². The van der Waals surface area contributed by atoms with Crippen LogP contribution >= 0.6 is 0 Å². The highest BCUT2D eigenvalue weighted by molar-refractivity contribution is 5.97. The molecular formula is C26H32N8O8. The van der Waals surface area contributed by atoms with Gasteiger partial charge in [-0.05, 0) is 30.7 Å². The Morgan fingerprint density at radius 2 is 1.83 bits per heavy atom. The third-order valence-electron chi connectivity index (χ3n) is 5.79. The second-order valence-electron chi connectivity index (χ2n) is 10.5. The average molecular weight is 585 g/mol. The Labute approximate surface area is 239 Å². The summed E-state index contributed by atoms with van der Waals surface area (Å²) in [6, 6.07) is 4.75. The van der Waals surface area contributed by atoms with E-state index in [1.165, 1.54) is 18.3 Å². The highest BCUT2D eigenvalue weighted by Gasteiger charge is 2.25. The molecule has 0 fully saturated rings. The van der Waals surface area contributed by atoms with Crippen molar-refractivity contribution >= 4 is 46.6 Å². The highest BCUT2D eigenvalue weighted by Crippen LogP contribution is 2.13. The Kier molecular flexibility index (Phi) is 10.1. The van der Waals surface area contributed by atoms with Crippen LogP contribution in [0.4, 0.5) is 11.6 Å². The quantitative estimate of drug-likeness (QED) is 0.109. The third-order valence-corrected chi connectivity index (χ3v) is 5.79. The number of hydrogen-bond acceptors (Lipinski definition) is 12. The van der Waals surface area contributed by atoms with Crippen LogP contribution in [-0.2, 0) is 25.7 Å². The summed E-state index contributed by atoms with van der Waals surface area (Å²) < 4.78 is 5.57. The predicted octanol–water partition coefficient (Wildman–Crippen LogP) is -1.37. The van der Waals surface area contributed by atoms with E-state index in [0.717, 1.165) is 0 Å². The van der Waals surface area contributed by atoms with Gasteiger partial charge in [0.05, 0.1) is 39.6 Å². The maximum atomic E-state index is 12.7. The summed E-state index contributed by atoms with van der Waals surface area (Å²) in [5, 5.41) is 26.0. The molecule has 0 spiro atoms. The van der Waals surface area contributed by atoms with Crippen LogP contribution in [0, 0.1) is 0 Å². The number of esters is 1. The zero-order chi connectivity index (χ0) is 31.0. The molecule has 3 rings (SSSR count). The van der Waals surface area contributed by atoms with Crippen molar-refractivity contribution < 1.29 is 38.6 Å². The lowest BCUT2D eigenvalue weighted by atomic mass is 10.1. The number of nitrogen functional groups attached to an aromatic ring is 1. The van der Waals surface area contributed by atoms with Gasteiger partial charge < -0.3 is 40.6 Å². The molecule has 2 aromatic heterocycles. The molecule has 0 bridgehead atoms. The number of likely N-dealkylation sites (N-methyl/N-ethyl adjacent to an activating group) is 1. The molecular weight excluding hydrogens is 552 g/mol. The van der Waals surface area contributed by atoms with E-state index in [-0.39, 0.29) is 48.6 Å². The molecule has 0 aliphatic heterocycles. The van der Waals surface area contributed by atoms with Crippen LogP contribution in [-0.4, -0.2) is 93.2 Å². The van der Waals surface area contributed by atoms with Gasteiger partial charge in [-0.3, -0.25) is 19.4 Å². The first-order valence-electron chi connectivity index (χ1n) is 12.8. The molecule has 3 aromatic rings. The SMILES string of the molecule is C[N+](C)(C)CC(CC(=O)[O-])OC(=O)CCC(NC(=O)c1ccc(NCc2cnc3nc(N)[nH]c(=O)c3n2)cc1)C(=O)O. The summed E-state index contributed by atoms with van der Waals surface area (Å²) in [5.74, 6) is -4.25. The first-order valence-corrected chi connectivity index (χ1v) is 12.8. The number of nitrogens with one attached hydrogen (secondary N) is 3. The number of carboxylic acid groups (broad SMARTS) is 2. The molecule has 16 heteroatoms. The first kappa shape index (κ1) is 31.4. The average Bonchev–Trinajstić information content (AvgIpc) is 2.88. The largest absolute Gasteiger partial charge is 0.550 e. The molecule has 42 heavy (non-hydrogen) atoms. The summed E-state index contributed by atoms with van der Waals surface area (Å²) in [7, 11) is 5.39. The standard InChI is InChI=1S/C26H32N8O8/c1-34(2,3)13-17(10-19(35)36)42-20(37)9-8-18(25(40)41)31-23(38)14-4-6-15(7-5-14)28-11-16-12-29-22-21(30-16)24(39)33-26(27)32-22/h4-7,12,17-18H,8-11,13H2,1-3H3,(H6-,27,28,29,31,32,33,35,36,38,39,40,41). The topological polar surface area (TPSA) is 242 Å². The summed E-state index contributed by atoms with van der Waals surface area (Å²) in [6.07, 6.45) is -0.612. The minimum Gasteiger partial charge on any atom is -0.550 e. The van der Waals surface area contributed by atoms with Gasteiger partial charge in [-0.15, -0.1) is 0 Å². The second-order valence-corrected chi connectivity index (χ2v) is 10.5. The third kappa shape index (κ3) is 9.51. The lowest BCUT2D eigenvalue weighted by molar-refractivity contribution is -0.873. The van der Waals surface area contributed by atoms with Crippen molar-refractivity contribution in [1.82, 2.24) is 25.3 Å². The molecule has 2 heterocycles. The van der Waals surface area contributed by atoms with E-state index < -0.39 is 47.9 Å². The minimum atomic E-state index is -1.39. The van der Waals surface area contributed by atoms with Gasteiger partial charge in [-0.1, -0.05) is 0 Å². The number of quaternary nitrogens is 1. The van der Waals surface area contributed by atoms with Crippen LogP contribution in [0.1, 0.15) is 35.3 Å². The normalized spacial score (nSPS) is 12.7. The maximum Gasteiger partial charge on any atom is 0.326 e. The molecule has 16 nitrogen and oxygen atoms in total. The number of nitrogens with zero attached hydrogens (tertiary/aromatic N) is 4. The number of H-pyrrole nitrogens is 1. The van der Waals surface area contributed by atoms with E-state index in [1.54, 1.807) is 33.3 Å². The van der Waals surface area contributed by atoms with Gasteiger partial charge in [0, 0.05) is 30.1 Å². The Morgan fingerprint density at radius 1 is 1.14 bits per heavy atom. The lowest BCUT2D eigenvalue weighted by Gasteiger charge is -2.29. The van der Waals surface area contributed by atoms with Gasteiger partial charge in [0.15, 0.2) is 17.3 Å². The van der Waals surface area contributed by atoms with Crippen molar-refractivity contribution in [3.63, 3.8) is 0 Å². The molecule has 0 aliphatic rings. The van der Waals surface area contributed by atoms with Crippen molar-refractivity contribution in [3.8, 4) is 0 Å². The molecule has 2 unspecified atom stereocenters. The smallest absolute Gasteiger partial charge is 0.326 e. The summed E-state index contributed by atoms with van der Waals surface area (Å²) in [4.78, 5) is 74.3. The highest BCUT2D eigenvalue weighted by atomic mass is 16.5. The zero-order valence-corrected chi connectivity index (χ0v) is 23.2. The van der Waals surface area contributed by atoms with E-state index in [4.69, 9.17) is 10.5 Å². The molecule has 6 N–H and O–H groups in total. The van der Waals surface area contributed by atoms with Crippen LogP contribution in [0.25, 0.3) is 11.2 Å². The van der Waals surface area contributed by atoms with E-state index in [9.17, 15) is 34.2 Å². The van der Waals surface area contributed by atoms with Gasteiger partial charge in [-0.2, -0.15) is 4.98 Å². The Balaban J connectivity index is 1.54. The summed E-state index contributed by atoms with van der Waals surface area (Å²) in [5.41, 5.74) is 6.38. The Bertz CT molecular complexity index is 1520. The van der Waals surface area contributed by atoms with Crippen molar-refractivity contribution in [2.24, 2.45) is 0 Å². The maximum absolute atomic E-state index is 12.7. The summed E-state index contributed by atoms with van der Waals surface area (Å²) >= 11 is 0. The zero-order valence-electron chi connectivity index (χ0n) is 23.2. The van der Waals surface area contributed by atoms with Gasteiger partial charge in [-0.25, -0.2) is 14.8 Å². The van der Waals surface area contributed by atoms with Crippen LogP contribution in [0.15, 0.2) is 35.3 Å². The monoisotopic (exact) mass is 584 g/mol.